The summed E-state index contributed by atoms with van der Waals surface area (Å²) in [6, 6.07) is 7.02. The largest absolute Gasteiger partial charge is 0.493 e. The Balaban J connectivity index is 2.62. The summed E-state index contributed by atoms with van der Waals surface area (Å²) in [5, 5.41) is 0. The van der Waals surface area contributed by atoms with Gasteiger partial charge in [0.25, 0.3) is 5.56 Å². The molecule has 0 spiro atoms. The van der Waals surface area contributed by atoms with Crippen LogP contribution < -0.4 is 10.3 Å². The van der Waals surface area contributed by atoms with E-state index in [0.717, 1.165) is 0 Å². The minimum Gasteiger partial charge on any atom is -0.493 e. The van der Waals surface area contributed by atoms with Crippen molar-refractivity contribution < 1.29 is 13.9 Å². The van der Waals surface area contributed by atoms with Gasteiger partial charge in [0.05, 0.1) is 6.61 Å². The first-order chi connectivity index (χ1) is 9.54. The summed E-state index contributed by atoms with van der Waals surface area (Å²) >= 11 is 0. The number of pyridine rings is 1. The standard InChI is InChI=1S/C15H14FNO3/c1-3-20-13-8-9-17(15(19)14(13)10(2)18)12-6-4-11(16)5-7-12/h4-9H,3H2,1-2H3. The normalized spacial score (nSPS) is 10.3. The first-order valence-electron chi connectivity index (χ1n) is 6.20. The van der Waals surface area contributed by atoms with Crippen molar-refractivity contribution in [1.29, 1.82) is 0 Å². The Morgan fingerprint density at radius 3 is 2.45 bits per heavy atom. The molecule has 0 saturated heterocycles. The molecule has 2 rings (SSSR count). The van der Waals surface area contributed by atoms with Gasteiger partial charge in [0, 0.05) is 11.9 Å². The van der Waals surface area contributed by atoms with E-state index in [1.165, 1.54) is 42.0 Å². The maximum Gasteiger partial charge on any atom is 0.269 e. The monoisotopic (exact) mass is 275 g/mol. The minimum absolute atomic E-state index is 0.00123. The number of ketones is 1. The molecule has 20 heavy (non-hydrogen) atoms. The SMILES string of the molecule is CCOc1ccn(-c2ccc(F)cc2)c(=O)c1C(C)=O. The van der Waals surface area contributed by atoms with E-state index in [2.05, 4.69) is 0 Å². The van der Waals surface area contributed by atoms with Gasteiger partial charge in [0.1, 0.15) is 17.1 Å². The first-order valence-corrected chi connectivity index (χ1v) is 6.20. The van der Waals surface area contributed by atoms with Crippen molar-refractivity contribution in [3.05, 3.63) is 58.3 Å². The van der Waals surface area contributed by atoms with Crippen molar-refractivity contribution in [3.63, 3.8) is 0 Å². The second-order valence-corrected chi connectivity index (χ2v) is 4.20. The number of benzene rings is 1. The summed E-state index contributed by atoms with van der Waals surface area (Å²) in [7, 11) is 0. The fourth-order valence-electron chi connectivity index (χ4n) is 1.92. The molecule has 2 aromatic rings. The van der Waals surface area contributed by atoms with E-state index in [4.69, 9.17) is 4.74 Å². The summed E-state index contributed by atoms with van der Waals surface area (Å²) in [5.74, 6) is -0.488. The van der Waals surface area contributed by atoms with Crippen LogP contribution in [-0.4, -0.2) is 17.0 Å². The highest BCUT2D eigenvalue weighted by molar-refractivity contribution is 5.96. The summed E-state index contributed by atoms with van der Waals surface area (Å²) in [6.07, 6.45) is 1.51. The van der Waals surface area contributed by atoms with Crippen molar-refractivity contribution in [1.82, 2.24) is 4.57 Å². The summed E-state index contributed by atoms with van der Waals surface area (Å²) in [4.78, 5) is 24.0. The van der Waals surface area contributed by atoms with Crippen molar-refractivity contribution in [2.24, 2.45) is 0 Å². The molecule has 0 N–H and O–H groups in total. The van der Waals surface area contributed by atoms with Crippen LogP contribution in [0.25, 0.3) is 5.69 Å². The summed E-state index contributed by atoms with van der Waals surface area (Å²) in [5.41, 5.74) is 0.00989. The van der Waals surface area contributed by atoms with Gasteiger partial charge in [-0.2, -0.15) is 0 Å². The number of Topliss-reactive ketones (excluding diaryl/α,β-unsaturated/α-hetero) is 1. The maximum absolute atomic E-state index is 12.9. The third kappa shape index (κ3) is 2.61. The third-order valence-corrected chi connectivity index (χ3v) is 2.81. The predicted molar refractivity (Wildman–Crippen MR) is 73.2 cm³/mol. The average molecular weight is 275 g/mol. The summed E-state index contributed by atoms with van der Waals surface area (Å²) in [6.45, 7) is 3.45. The van der Waals surface area contributed by atoms with Crippen LogP contribution in [0.4, 0.5) is 4.39 Å². The van der Waals surface area contributed by atoms with Crippen LogP contribution in [0.1, 0.15) is 24.2 Å². The summed E-state index contributed by atoms with van der Waals surface area (Å²) < 4.78 is 19.5. The van der Waals surface area contributed by atoms with Gasteiger partial charge in [0.15, 0.2) is 5.78 Å². The van der Waals surface area contributed by atoms with Crippen molar-refractivity contribution in [3.8, 4) is 11.4 Å². The van der Waals surface area contributed by atoms with E-state index in [-0.39, 0.29) is 22.9 Å². The van der Waals surface area contributed by atoms with E-state index < -0.39 is 5.56 Å². The molecular weight excluding hydrogens is 261 g/mol. The number of carbonyl (C=O) groups is 1. The van der Waals surface area contributed by atoms with Crippen LogP contribution in [0.3, 0.4) is 0 Å². The molecule has 4 nitrogen and oxygen atoms in total. The lowest BCUT2D eigenvalue weighted by molar-refractivity contribution is 0.101. The number of hydrogen-bond donors (Lipinski definition) is 0. The Hall–Kier alpha value is -2.43. The lowest BCUT2D eigenvalue weighted by atomic mass is 10.1. The number of rotatable bonds is 4. The first kappa shape index (κ1) is 14.0. The van der Waals surface area contributed by atoms with Crippen LogP contribution in [-0.2, 0) is 0 Å². The smallest absolute Gasteiger partial charge is 0.269 e. The van der Waals surface area contributed by atoms with Crippen LogP contribution >= 0.6 is 0 Å². The number of hydrogen-bond acceptors (Lipinski definition) is 3. The molecule has 0 atom stereocenters. The van der Waals surface area contributed by atoms with Gasteiger partial charge in [-0.3, -0.25) is 14.2 Å². The molecule has 0 saturated carbocycles. The van der Waals surface area contributed by atoms with Gasteiger partial charge >= 0.3 is 0 Å². The van der Waals surface area contributed by atoms with Crippen LogP contribution in [0.2, 0.25) is 0 Å². The highest BCUT2D eigenvalue weighted by Gasteiger charge is 2.16. The Labute approximate surface area is 115 Å². The minimum atomic E-state index is -0.477. The molecule has 1 heterocycles. The van der Waals surface area contributed by atoms with E-state index in [9.17, 15) is 14.0 Å². The molecule has 1 aromatic carbocycles. The number of ether oxygens (including phenoxy) is 1. The fraction of sp³-hybridized carbons (Fsp3) is 0.200. The van der Waals surface area contributed by atoms with Gasteiger partial charge in [-0.15, -0.1) is 0 Å². The van der Waals surface area contributed by atoms with Crippen molar-refractivity contribution >= 4 is 5.78 Å². The molecule has 0 amide bonds. The third-order valence-electron chi connectivity index (χ3n) is 2.81. The lowest BCUT2D eigenvalue weighted by Gasteiger charge is -2.11. The highest BCUT2D eigenvalue weighted by Crippen LogP contribution is 2.17. The zero-order valence-electron chi connectivity index (χ0n) is 11.2. The molecule has 0 aliphatic heterocycles. The van der Waals surface area contributed by atoms with E-state index in [0.29, 0.717) is 12.3 Å². The van der Waals surface area contributed by atoms with E-state index >= 15 is 0 Å². The maximum atomic E-state index is 12.9. The van der Waals surface area contributed by atoms with Gasteiger partial charge < -0.3 is 4.74 Å². The molecule has 0 bridgehead atoms. The van der Waals surface area contributed by atoms with Crippen LogP contribution in [0.15, 0.2) is 41.3 Å². The molecule has 0 unspecified atom stereocenters. The molecule has 104 valence electrons. The van der Waals surface area contributed by atoms with E-state index in [1.807, 2.05) is 0 Å². The molecule has 0 aliphatic carbocycles. The Morgan fingerprint density at radius 2 is 1.90 bits per heavy atom. The molecule has 5 heteroatoms. The van der Waals surface area contributed by atoms with Gasteiger partial charge in [-0.25, -0.2) is 4.39 Å². The second-order valence-electron chi connectivity index (χ2n) is 4.20. The molecule has 0 aliphatic rings. The number of halogens is 1. The Kier molecular flexibility index (Phi) is 3.98. The second kappa shape index (κ2) is 5.69. The lowest BCUT2D eigenvalue weighted by Crippen LogP contribution is -2.25. The van der Waals surface area contributed by atoms with Gasteiger partial charge in [-0.05, 0) is 44.2 Å². The van der Waals surface area contributed by atoms with E-state index in [1.54, 1.807) is 13.0 Å². The molecule has 0 fully saturated rings. The highest BCUT2D eigenvalue weighted by atomic mass is 19.1. The van der Waals surface area contributed by atoms with Crippen molar-refractivity contribution in [2.75, 3.05) is 6.61 Å². The zero-order valence-corrected chi connectivity index (χ0v) is 11.2. The predicted octanol–water partition coefficient (Wildman–Crippen LogP) is 2.58. The zero-order chi connectivity index (χ0) is 14.7. The number of aromatic nitrogens is 1. The number of nitrogens with zero attached hydrogens (tertiary/aromatic N) is 1. The quantitative estimate of drug-likeness (QED) is 0.806. The van der Waals surface area contributed by atoms with Gasteiger partial charge in [0.2, 0.25) is 0 Å². The molecule has 1 aromatic heterocycles. The molecular formula is C15H14FNO3. The van der Waals surface area contributed by atoms with Gasteiger partial charge in [-0.1, -0.05) is 0 Å². The Bertz CT molecular complexity index is 689. The topological polar surface area (TPSA) is 48.3 Å². The van der Waals surface area contributed by atoms with Crippen LogP contribution in [0.5, 0.6) is 5.75 Å². The number of carbonyl (C=O) groups excluding carboxylic acids is 1. The fourth-order valence-corrected chi connectivity index (χ4v) is 1.92. The van der Waals surface area contributed by atoms with Crippen molar-refractivity contribution in [2.45, 2.75) is 13.8 Å². The molecule has 0 radical (unpaired) electrons. The average Bonchev–Trinajstić information content (AvgIpc) is 2.40. The Morgan fingerprint density at radius 1 is 1.25 bits per heavy atom. The van der Waals surface area contributed by atoms with Crippen LogP contribution in [0, 0.1) is 5.82 Å².